The average Bonchev–Trinajstić information content (AvgIpc) is 2.32. The molecule has 98 valence electrons. The predicted octanol–water partition coefficient (Wildman–Crippen LogP) is 1.23. The Bertz CT molecular complexity index is 454. The standard InChI is InChI=1S/C11H12F2N2O3/c12-11(13)18-9-5-7(1-2-8(9)14)15-3-4-17-6-10(15)16/h1-2,5,11H,3-4,6,14H2. The van der Waals surface area contributed by atoms with Crippen molar-refractivity contribution < 1.29 is 23.0 Å². The number of nitrogens with zero attached hydrogens (tertiary/aromatic N) is 1. The SMILES string of the molecule is Nc1ccc(N2CCOCC2=O)cc1OC(F)F. The van der Waals surface area contributed by atoms with Crippen molar-refractivity contribution in [1.82, 2.24) is 0 Å². The Balaban J connectivity index is 2.25. The van der Waals surface area contributed by atoms with Crippen LogP contribution >= 0.6 is 0 Å². The average molecular weight is 258 g/mol. The summed E-state index contributed by atoms with van der Waals surface area (Å²) < 4.78 is 33.6. The topological polar surface area (TPSA) is 64.8 Å². The molecular weight excluding hydrogens is 246 g/mol. The first-order valence-corrected chi connectivity index (χ1v) is 5.30. The Labute approximate surface area is 102 Å². The van der Waals surface area contributed by atoms with Gasteiger partial charge in [0.05, 0.1) is 12.3 Å². The second-order valence-electron chi connectivity index (χ2n) is 3.70. The van der Waals surface area contributed by atoms with E-state index in [0.29, 0.717) is 18.8 Å². The summed E-state index contributed by atoms with van der Waals surface area (Å²) in [6.45, 7) is -2.20. The van der Waals surface area contributed by atoms with Crippen LogP contribution in [-0.2, 0) is 9.53 Å². The fourth-order valence-corrected chi connectivity index (χ4v) is 1.68. The van der Waals surface area contributed by atoms with Crippen molar-refractivity contribution >= 4 is 17.3 Å². The van der Waals surface area contributed by atoms with Gasteiger partial charge in [-0.05, 0) is 12.1 Å². The number of hydrogen-bond acceptors (Lipinski definition) is 4. The van der Waals surface area contributed by atoms with Gasteiger partial charge in [0, 0.05) is 18.3 Å². The number of benzene rings is 1. The normalized spacial score (nSPS) is 16.2. The lowest BCUT2D eigenvalue weighted by atomic mass is 10.2. The van der Waals surface area contributed by atoms with Crippen LogP contribution in [0.25, 0.3) is 0 Å². The minimum absolute atomic E-state index is 0.0184. The maximum Gasteiger partial charge on any atom is 0.387 e. The number of halogens is 2. The third kappa shape index (κ3) is 2.67. The van der Waals surface area contributed by atoms with Gasteiger partial charge in [-0.3, -0.25) is 4.79 Å². The largest absolute Gasteiger partial charge is 0.433 e. The highest BCUT2D eigenvalue weighted by molar-refractivity contribution is 5.95. The van der Waals surface area contributed by atoms with E-state index in [4.69, 9.17) is 10.5 Å². The van der Waals surface area contributed by atoms with Crippen LogP contribution in [0.1, 0.15) is 0 Å². The third-order valence-corrected chi connectivity index (χ3v) is 2.51. The van der Waals surface area contributed by atoms with Crippen molar-refractivity contribution in [3.8, 4) is 5.75 Å². The molecule has 0 bridgehead atoms. The zero-order chi connectivity index (χ0) is 13.1. The number of ether oxygens (including phenoxy) is 2. The van der Waals surface area contributed by atoms with Crippen LogP contribution in [0.15, 0.2) is 18.2 Å². The Hall–Kier alpha value is -1.89. The molecule has 1 fully saturated rings. The molecule has 1 aromatic carbocycles. The molecular formula is C11H12F2N2O3. The van der Waals surface area contributed by atoms with E-state index in [0.717, 1.165) is 0 Å². The molecule has 0 aliphatic carbocycles. The van der Waals surface area contributed by atoms with Gasteiger partial charge in [-0.2, -0.15) is 8.78 Å². The quantitative estimate of drug-likeness (QED) is 0.828. The summed E-state index contributed by atoms with van der Waals surface area (Å²) in [5.41, 5.74) is 6.08. The third-order valence-electron chi connectivity index (χ3n) is 2.51. The van der Waals surface area contributed by atoms with Gasteiger partial charge in [0.15, 0.2) is 5.75 Å². The summed E-state index contributed by atoms with van der Waals surface area (Å²) in [4.78, 5) is 13.0. The fraction of sp³-hybridized carbons (Fsp3) is 0.364. The predicted molar refractivity (Wildman–Crippen MR) is 60.7 cm³/mol. The number of hydrogen-bond donors (Lipinski definition) is 1. The van der Waals surface area contributed by atoms with Crippen LogP contribution in [-0.4, -0.2) is 32.3 Å². The molecule has 0 saturated carbocycles. The molecule has 1 aliphatic rings. The minimum Gasteiger partial charge on any atom is -0.433 e. The van der Waals surface area contributed by atoms with Gasteiger partial charge in [-0.25, -0.2) is 0 Å². The number of carbonyl (C=O) groups is 1. The number of morpholine rings is 1. The van der Waals surface area contributed by atoms with Gasteiger partial charge in [0.25, 0.3) is 5.91 Å². The molecule has 0 spiro atoms. The van der Waals surface area contributed by atoms with E-state index in [2.05, 4.69) is 4.74 Å². The molecule has 2 rings (SSSR count). The highest BCUT2D eigenvalue weighted by Gasteiger charge is 2.21. The van der Waals surface area contributed by atoms with Gasteiger partial charge in [0.1, 0.15) is 6.61 Å². The number of nitrogens with two attached hydrogens (primary N) is 1. The Morgan fingerprint density at radius 2 is 2.22 bits per heavy atom. The zero-order valence-corrected chi connectivity index (χ0v) is 9.44. The lowest BCUT2D eigenvalue weighted by molar-refractivity contribution is -0.125. The number of carbonyl (C=O) groups excluding carboxylic acids is 1. The molecule has 1 aliphatic heterocycles. The Morgan fingerprint density at radius 3 is 2.89 bits per heavy atom. The molecule has 18 heavy (non-hydrogen) atoms. The summed E-state index contributed by atoms with van der Waals surface area (Å²) in [6, 6.07) is 4.33. The van der Waals surface area contributed by atoms with Crippen molar-refractivity contribution in [2.45, 2.75) is 6.61 Å². The van der Waals surface area contributed by atoms with Crippen molar-refractivity contribution in [2.24, 2.45) is 0 Å². The molecule has 1 heterocycles. The van der Waals surface area contributed by atoms with Crippen molar-refractivity contribution in [1.29, 1.82) is 0 Å². The van der Waals surface area contributed by atoms with Crippen LogP contribution in [0.5, 0.6) is 5.75 Å². The van der Waals surface area contributed by atoms with Crippen molar-refractivity contribution in [3.05, 3.63) is 18.2 Å². The van der Waals surface area contributed by atoms with Crippen molar-refractivity contribution in [3.63, 3.8) is 0 Å². The summed E-state index contributed by atoms with van der Waals surface area (Å²) in [6.07, 6.45) is 0. The van der Waals surface area contributed by atoms with Crippen LogP contribution in [0.4, 0.5) is 20.2 Å². The first-order valence-electron chi connectivity index (χ1n) is 5.30. The maximum atomic E-state index is 12.2. The molecule has 0 atom stereocenters. The van der Waals surface area contributed by atoms with Crippen molar-refractivity contribution in [2.75, 3.05) is 30.4 Å². The van der Waals surface area contributed by atoms with Crippen LogP contribution in [0.2, 0.25) is 0 Å². The van der Waals surface area contributed by atoms with E-state index in [1.165, 1.54) is 17.0 Å². The lowest BCUT2D eigenvalue weighted by Crippen LogP contribution is -2.41. The number of anilines is 2. The summed E-state index contributed by atoms with van der Waals surface area (Å²) in [5, 5.41) is 0. The summed E-state index contributed by atoms with van der Waals surface area (Å²) in [7, 11) is 0. The molecule has 1 aromatic rings. The lowest BCUT2D eigenvalue weighted by Gasteiger charge is -2.27. The van der Waals surface area contributed by atoms with Gasteiger partial charge in [-0.1, -0.05) is 0 Å². The number of rotatable bonds is 3. The van der Waals surface area contributed by atoms with Gasteiger partial charge >= 0.3 is 6.61 Å². The number of nitrogen functional groups attached to an aromatic ring is 1. The van der Waals surface area contributed by atoms with Crippen LogP contribution < -0.4 is 15.4 Å². The monoisotopic (exact) mass is 258 g/mol. The van der Waals surface area contributed by atoms with E-state index in [-0.39, 0.29) is 24.0 Å². The van der Waals surface area contributed by atoms with Gasteiger partial charge < -0.3 is 20.1 Å². The van der Waals surface area contributed by atoms with E-state index in [9.17, 15) is 13.6 Å². The van der Waals surface area contributed by atoms with Crippen LogP contribution in [0.3, 0.4) is 0 Å². The molecule has 0 radical (unpaired) electrons. The molecule has 0 aromatic heterocycles. The first-order chi connectivity index (χ1) is 8.58. The highest BCUT2D eigenvalue weighted by atomic mass is 19.3. The van der Waals surface area contributed by atoms with E-state index in [1.54, 1.807) is 6.07 Å². The second kappa shape index (κ2) is 5.18. The Morgan fingerprint density at radius 1 is 1.44 bits per heavy atom. The molecule has 1 amide bonds. The smallest absolute Gasteiger partial charge is 0.387 e. The first kappa shape index (κ1) is 12.6. The van der Waals surface area contributed by atoms with Crippen LogP contribution in [0, 0.1) is 0 Å². The number of alkyl halides is 2. The molecule has 0 unspecified atom stereocenters. The zero-order valence-electron chi connectivity index (χ0n) is 9.44. The second-order valence-corrected chi connectivity index (χ2v) is 3.70. The molecule has 5 nitrogen and oxygen atoms in total. The fourth-order valence-electron chi connectivity index (χ4n) is 1.68. The van der Waals surface area contributed by atoms with E-state index >= 15 is 0 Å². The molecule has 7 heteroatoms. The van der Waals surface area contributed by atoms with Gasteiger partial charge in [-0.15, -0.1) is 0 Å². The summed E-state index contributed by atoms with van der Waals surface area (Å²) in [5.74, 6) is -0.365. The minimum atomic E-state index is -2.96. The highest BCUT2D eigenvalue weighted by Crippen LogP contribution is 2.29. The summed E-state index contributed by atoms with van der Waals surface area (Å²) >= 11 is 0. The maximum absolute atomic E-state index is 12.2. The van der Waals surface area contributed by atoms with E-state index in [1.807, 2.05) is 0 Å². The van der Waals surface area contributed by atoms with Gasteiger partial charge in [0.2, 0.25) is 0 Å². The molecule has 1 saturated heterocycles. The van der Waals surface area contributed by atoms with E-state index < -0.39 is 6.61 Å². The Kier molecular flexibility index (Phi) is 3.61. The molecule has 2 N–H and O–H groups in total. The number of amides is 1.